The van der Waals surface area contributed by atoms with E-state index in [1.165, 1.54) is 6.33 Å². The van der Waals surface area contributed by atoms with Gasteiger partial charge in [-0.15, -0.1) is 0 Å². The zero-order chi connectivity index (χ0) is 15.0. The van der Waals surface area contributed by atoms with Gasteiger partial charge in [-0.05, 0) is 12.3 Å². The zero-order valence-corrected chi connectivity index (χ0v) is 11.6. The van der Waals surface area contributed by atoms with E-state index in [1.54, 1.807) is 0 Å². The maximum absolute atomic E-state index is 11.0. The third-order valence-corrected chi connectivity index (χ3v) is 2.52. The van der Waals surface area contributed by atoms with Crippen molar-refractivity contribution in [1.82, 2.24) is 9.97 Å². The van der Waals surface area contributed by atoms with Gasteiger partial charge in [0, 0.05) is 13.2 Å². The molecule has 0 saturated heterocycles. The summed E-state index contributed by atoms with van der Waals surface area (Å²) in [5, 5.41) is 13.8. The predicted octanol–water partition coefficient (Wildman–Crippen LogP) is 1.15. The van der Waals surface area contributed by atoms with E-state index in [4.69, 9.17) is 10.6 Å². The SMILES string of the molecule is CC(C)CCOCCNc1ncnc(NN)c1[N+](=O)[O-]. The molecule has 0 aliphatic heterocycles. The Morgan fingerprint density at radius 2 is 2.10 bits per heavy atom. The Labute approximate surface area is 117 Å². The quantitative estimate of drug-likeness (QED) is 0.266. The molecule has 0 spiro atoms. The highest BCUT2D eigenvalue weighted by Gasteiger charge is 2.21. The Kier molecular flexibility index (Phi) is 6.60. The van der Waals surface area contributed by atoms with Gasteiger partial charge in [-0.25, -0.2) is 15.8 Å². The number of nitrogen functional groups attached to an aromatic ring is 1. The Bertz CT molecular complexity index is 440. The molecule has 4 N–H and O–H groups in total. The van der Waals surface area contributed by atoms with Crippen LogP contribution in [0.3, 0.4) is 0 Å². The summed E-state index contributed by atoms with van der Waals surface area (Å²) in [6.07, 6.45) is 2.18. The molecule has 0 amide bonds. The van der Waals surface area contributed by atoms with Crippen LogP contribution in [0.2, 0.25) is 0 Å². The standard InChI is InChI=1S/C11H20N6O3/c1-8(2)3-5-20-6-4-13-10-9(17(18)19)11(16-12)15-7-14-10/h7-8H,3-6,12H2,1-2H3,(H2,13,14,15,16). The van der Waals surface area contributed by atoms with Crippen molar-refractivity contribution in [2.24, 2.45) is 11.8 Å². The Hall–Kier alpha value is -2.00. The van der Waals surface area contributed by atoms with E-state index < -0.39 is 4.92 Å². The monoisotopic (exact) mass is 284 g/mol. The number of hydrogen-bond acceptors (Lipinski definition) is 8. The van der Waals surface area contributed by atoms with Crippen molar-refractivity contribution < 1.29 is 9.66 Å². The first-order valence-electron chi connectivity index (χ1n) is 6.33. The van der Waals surface area contributed by atoms with Crippen molar-refractivity contribution in [2.75, 3.05) is 30.5 Å². The molecule has 0 saturated carbocycles. The Morgan fingerprint density at radius 3 is 2.70 bits per heavy atom. The van der Waals surface area contributed by atoms with E-state index in [0.29, 0.717) is 25.7 Å². The molecular weight excluding hydrogens is 264 g/mol. The second-order valence-electron chi connectivity index (χ2n) is 4.54. The average molecular weight is 284 g/mol. The summed E-state index contributed by atoms with van der Waals surface area (Å²) in [7, 11) is 0. The minimum Gasteiger partial charge on any atom is -0.380 e. The first-order chi connectivity index (χ1) is 9.56. The van der Waals surface area contributed by atoms with Crippen LogP contribution >= 0.6 is 0 Å². The molecule has 1 aromatic rings. The molecule has 9 nitrogen and oxygen atoms in total. The summed E-state index contributed by atoms with van der Waals surface area (Å²) in [6.45, 7) is 5.76. The first kappa shape index (κ1) is 16.1. The lowest BCUT2D eigenvalue weighted by atomic mass is 10.1. The predicted molar refractivity (Wildman–Crippen MR) is 75.3 cm³/mol. The van der Waals surface area contributed by atoms with E-state index >= 15 is 0 Å². The van der Waals surface area contributed by atoms with Crippen LogP contribution in [0.5, 0.6) is 0 Å². The van der Waals surface area contributed by atoms with E-state index in [9.17, 15) is 10.1 Å². The number of rotatable bonds is 9. The van der Waals surface area contributed by atoms with Crippen LogP contribution < -0.4 is 16.6 Å². The normalized spacial score (nSPS) is 10.6. The topological polar surface area (TPSA) is 128 Å². The smallest absolute Gasteiger partial charge is 0.354 e. The number of anilines is 2. The van der Waals surface area contributed by atoms with Crippen molar-refractivity contribution in [2.45, 2.75) is 20.3 Å². The minimum absolute atomic E-state index is 0.0340. The number of nitrogens with one attached hydrogen (secondary N) is 2. The molecule has 0 unspecified atom stereocenters. The Morgan fingerprint density at radius 1 is 1.40 bits per heavy atom. The van der Waals surface area contributed by atoms with Crippen molar-refractivity contribution >= 4 is 17.3 Å². The van der Waals surface area contributed by atoms with Gasteiger partial charge in [-0.1, -0.05) is 13.8 Å². The van der Waals surface area contributed by atoms with Crippen LogP contribution in [0.15, 0.2) is 6.33 Å². The highest BCUT2D eigenvalue weighted by Crippen LogP contribution is 2.27. The second kappa shape index (κ2) is 8.23. The first-order valence-corrected chi connectivity index (χ1v) is 6.33. The number of hydrazine groups is 1. The van der Waals surface area contributed by atoms with Crippen LogP contribution in [-0.4, -0.2) is 34.6 Å². The number of hydrogen-bond donors (Lipinski definition) is 3. The summed E-state index contributed by atoms with van der Waals surface area (Å²) in [5.74, 6) is 5.85. The van der Waals surface area contributed by atoms with Gasteiger partial charge in [0.1, 0.15) is 6.33 Å². The summed E-state index contributed by atoms with van der Waals surface area (Å²) in [6, 6.07) is 0. The van der Waals surface area contributed by atoms with E-state index in [-0.39, 0.29) is 17.3 Å². The fourth-order valence-corrected chi connectivity index (χ4v) is 1.45. The molecule has 0 aliphatic rings. The minimum atomic E-state index is -0.586. The molecule has 0 bridgehead atoms. The van der Waals surface area contributed by atoms with E-state index in [1.807, 2.05) is 0 Å². The highest BCUT2D eigenvalue weighted by molar-refractivity contribution is 5.68. The number of aromatic nitrogens is 2. The maximum atomic E-state index is 11.0. The molecule has 0 aromatic carbocycles. The lowest BCUT2D eigenvalue weighted by Crippen LogP contribution is -2.16. The molecule has 0 aliphatic carbocycles. The summed E-state index contributed by atoms with van der Waals surface area (Å²) in [5.41, 5.74) is 1.90. The highest BCUT2D eigenvalue weighted by atomic mass is 16.6. The molecule has 20 heavy (non-hydrogen) atoms. The molecule has 1 heterocycles. The van der Waals surface area contributed by atoms with E-state index in [0.717, 1.165) is 6.42 Å². The third kappa shape index (κ3) is 4.94. The van der Waals surface area contributed by atoms with Gasteiger partial charge >= 0.3 is 5.69 Å². The fraction of sp³-hybridized carbons (Fsp3) is 0.636. The largest absolute Gasteiger partial charge is 0.380 e. The van der Waals surface area contributed by atoms with Gasteiger partial charge < -0.3 is 15.5 Å². The van der Waals surface area contributed by atoms with Gasteiger partial charge in [-0.2, -0.15) is 0 Å². The van der Waals surface area contributed by atoms with Crippen LogP contribution in [0.25, 0.3) is 0 Å². The molecule has 112 valence electrons. The van der Waals surface area contributed by atoms with Crippen LogP contribution in [0.4, 0.5) is 17.3 Å². The maximum Gasteiger partial charge on any atom is 0.354 e. The molecule has 1 rings (SSSR count). The molecule has 1 aromatic heterocycles. The lowest BCUT2D eigenvalue weighted by Gasteiger charge is -2.09. The fourth-order valence-electron chi connectivity index (χ4n) is 1.45. The number of nitro groups is 1. The second-order valence-corrected chi connectivity index (χ2v) is 4.54. The molecule has 0 radical (unpaired) electrons. The molecule has 9 heteroatoms. The number of ether oxygens (including phenoxy) is 1. The van der Waals surface area contributed by atoms with Crippen molar-refractivity contribution in [3.05, 3.63) is 16.4 Å². The van der Waals surface area contributed by atoms with Gasteiger partial charge in [0.25, 0.3) is 0 Å². The van der Waals surface area contributed by atoms with Crippen molar-refractivity contribution in [3.8, 4) is 0 Å². The average Bonchev–Trinajstić information content (AvgIpc) is 2.41. The number of nitrogens with zero attached hydrogens (tertiary/aromatic N) is 3. The summed E-state index contributed by atoms with van der Waals surface area (Å²) in [4.78, 5) is 17.9. The van der Waals surface area contributed by atoms with Gasteiger partial charge in [0.15, 0.2) is 0 Å². The number of nitrogens with two attached hydrogens (primary N) is 1. The van der Waals surface area contributed by atoms with Gasteiger partial charge in [0.05, 0.1) is 11.5 Å². The van der Waals surface area contributed by atoms with Crippen LogP contribution in [0.1, 0.15) is 20.3 Å². The molecule has 0 atom stereocenters. The Balaban J connectivity index is 2.49. The lowest BCUT2D eigenvalue weighted by molar-refractivity contribution is -0.383. The molecular formula is C11H20N6O3. The van der Waals surface area contributed by atoms with Crippen molar-refractivity contribution in [1.29, 1.82) is 0 Å². The van der Waals surface area contributed by atoms with E-state index in [2.05, 4.69) is 34.6 Å². The molecule has 0 fully saturated rings. The summed E-state index contributed by atoms with van der Waals surface area (Å²) >= 11 is 0. The van der Waals surface area contributed by atoms with Crippen LogP contribution in [0, 0.1) is 16.0 Å². The van der Waals surface area contributed by atoms with Crippen LogP contribution in [-0.2, 0) is 4.74 Å². The zero-order valence-electron chi connectivity index (χ0n) is 11.6. The summed E-state index contributed by atoms with van der Waals surface area (Å²) < 4.78 is 5.41. The van der Waals surface area contributed by atoms with Gasteiger partial charge in [-0.3, -0.25) is 10.1 Å². The third-order valence-electron chi connectivity index (χ3n) is 2.52. The van der Waals surface area contributed by atoms with Gasteiger partial charge in [0.2, 0.25) is 11.6 Å². The van der Waals surface area contributed by atoms with Crippen molar-refractivity contribution in [3.63, 3.8) is 0 Å².